The van der Waals surface area contributed by atoms with Crippen LogP contribution in [0.5, 0.6) is 5.88 Å². The number of rotatable bonds is 5. The summed E-state index contributed by atoms with van der Waals surface area (Å²) in [6.07, 6.45) is -2.71. The smallest absolute Gasteiger partial charge is 0.416 e. The van der Waals surface area contributed by atoms with Crippen LogP contribution in [0.1, 0.15) is 47.6 Å². The number of aromatic hydroxyl groups is 1. The lowest BCUT2D eigenvalue weighted by Gasteiger charge is -2.36. The number of likely N-dealkylation sites (tertiary alicyclic amines) is 1. The normalized spacial score (nSPS) is 17.3. The third kappa shape index (κ3) is 4.11. The first-order chi connectivity index (χ1) is 14.7. The number of aromatic nitrogens is 3. The summed E-state index contributed by atoms with van der Waals surface area (Å²) >= 11 is 1.26. The quantitative estimate of drug-likeness (QED) is 0.618. The Morgan fingerprint density at radius 1 is 1.29 bits per heavy atom. The van der Waals surface area contributed by atoms with Gasteiger partial charge in [0.2, 0.25) is 16.7 Å². The SMILES string of the molecule is CCc1nc2sc([C@@H](c3ccc(C(F)(F)F)cc3)N3CCC(C(N)=O)CC3)c(O)n2n1. The number of hydrogen-bond donors (Lipinski definition) is 2. The molecule has 0 radical (unpaired) electrons. The van der Waals surface area contributed by atoms with Crippen molar-refractivity contribution in [2.75, 3.05) is 13.1 Å². The Kier molecular flexibility index (Phi) is 5.65. The zero-order valence-corrected chi connectivity index (χ0v) is 17.6. The minimum absolute atomic E-state index is 0.0749. The van der Waals surface area contributed by atoms with Gasteiger partial charge in [-0.3, -0.25) is 9.69 Å². The van der Waals surface area contributed by atoms with E-state index in [1.54, 1.807) is 0 Å². The van der Waals surface area contributed by atoms with Gasteiger partial charge in [0.05, 0.1) is 16.5 Å². The van der Waals surface area contributed by atoms with Crippen LogP contribution in [0.3, 0.4) is 0 Å². The number of nitrogens with two attached hydrogens (primary N) is 1. The number of aryl methyl sites for hydroxylation is 1. The second-order valence-corrected chi connectivity index (χ2v) is 8.61. The Bertz CT molecular complexity index is 1080. The van der Waals surface area contributed by atoms with Crippen molar-refractivity contribution < 1.29 is 23.1 Å². The molecular formula is C20H22F3N5O2S. The molecule has 0 aliphatic carbocycles. The summed E-state index contributed by atoms with van der Waals surface area (Å²) in [4.78, 5) is 19.1. The molecular weight excluding hydrogens is 431 g/mol. The minimum Gasteiger partial charge on any atom is -0.492 e. The van der Waals surface area contributed by atoms with Gasteiger partial charge in [0.15, 0.2) is 5.82 Å². The van der Waals surface area contributed by atoms with E-state index in [1.807, 2.05) is 11.8 Å². The molecule has 1 amide bonds. The predicted octanol–water partition coefficient (Wildman–Crippen LogP) is 3.36. The number of hydrogen-bond acceptors (Lipinski definition) is 6. The molecule has 2 aromatic heterocycles. The molecule has 1 aromatic carbocycles. The van der Waals surface area contributed by atoms with E-state index in [4.69, 9.17) is 5.73 Å². The van der Waals surface area contributed by atoms with Crippen LogP contribution in [0.15, 0.2) is 24.3 Å². The van der Waals surface area contributed by atoms with Gasteiger partial charge < -0.3 is 10.8 Å². The average Bonchev–Trinajstić information content (AvgIpc) is 3.28. The lowest BCUT2D eigenvalue weighted by atomic mass is 9.93. The molecule has 1 aliphatic heterocycles. The molecule has 3 N–H and O–H groups in total. The standard InChI is InChI=1S/C20H22F3N5O2S/c1-2-14-25-19-28(26-14)18(30)16(31-19)15(27-9-7-12(8-10-27)17(24)29)11-3-5-13(6-4-11)20(21,22)23/h3-6,12,15,30H,2,7-10H2,1H3,(H2,24,29)/t15-/m1/s1. The van der Waals surface area contributed by atoms with Gasteiger partial charge in [0, 0.05) is 12.3 Å². The fourth-order valence-electron chi connectivity index (χ4n) is 3.94. The summed E-state index contributed by atoms with van der Waals surface area (Å²) in [5.41, 5.74) is 5.31. The zero-order chi connectivity index (χ0) is 22.3. The van der Waals surface area contributed by atoms with Crippen molar-refractivity contribution >= 4 is 22.2 Å². The van der Waals surface area contributed by atoms with Crippen molar-refractivity contribution in [2.45, 2.75) is 38.4 Å². The van der Waals surface area contributed by atoms with Gasteiger partial charge in [-0.2, -0.15) is 17.7 Å². The number of carbonyl (C=O) groups is 1. The van der Waals surface area contributed by atoms with E-state index in [0.717, 1.165) is 12.1 Å². The Balaban J connectivity index is 1.74. The highest BCUT2D eigenvalue weighted by molar-refractivity contribution is 7.17. The van der Waals surface area contributed by atoms with Gasteiger partial charge in [0.25, 0.3) is 0 Å². The summed E-state index contributed by atoms with van der Waals surface area (Å²) in [6.45, 7) is 2.95. The highest BCUT2D eigenvalue weighted by Crippen LogP contribution is 2.42. The van der Waals surface area contributed by atoms with Crippen molar-refractivity contribution in [3.63, 3.8) is 0 Å². The predicted molar refractivity (Wildman–Crippen MR) is 109 cm³/mol. The summed E-state index contributed by atoms with van der Waals surface area (Å²) < 4.78 is 40.5. The van der Waals surface area contributed by atoms with Gasteiger partial charge in [0.1, 0.15) is 0 Å². The number of primary amides is 1. The number of nitrogens with zero attached hydrogens (tertiary/aromatic N) is 4. The molecule has 0 bridgehead atoms. The van der Waals surface area contributed by atoms with E-state index in [1.165, 1.54) is 28.0 Å². The van der Waals surface area contributed by atoms with Gasteiger partial charge in [-0.15, -0.1) is 5.10 Å². The number of carbonyl (C=O) groups excluding carboxylic acids is 1. The van der Waals surface area contributed by atoms with Gasteiger partial charge in [-0.1, -0.05) is 30.4 Å². The number of halogens is 3. The molecule has 31 heavy (non-hydrogen) atoms. The van der Waals surface area contributed by atoms with Gasteiger partial charge in [-0.05, 0) is 43.6 Å². The number of fused-ring (bicyclic) bond motifs is 1. The molecule has 0 saturated carbocycles. The summed E-state index contributed by atoms with van der Waals surface area (Å²) in [7, 11) is 0. The average molecular weight is 453 g/mol. The maximum absolute atomic E-state index is 13.0. The first kappa shape index (κ1) is 21.6. The maximum Gasteiger partial charge on any atom is 0.416 e. The Hall–Kier alpha value is -2.66. The molecule has 3 aromatic rings. The maximum atomic E-state index is 13.0. The molecule has 1 saturated heterocycles. The van der Waals surface area contributed by atoms with Crippen LogP contribution >= 0.6 is 11.3 Å². The van der Waals surface area contributed by atoms with E-state index in [-0.39, 0.29) is 17.7 Å². The van der Waals surface area contributed by atoms with Crippen molar-refractivity contribution in [2.24, 2.45) is 11.7 Å². The lowest BCUT2D eigenvalue weighted by molar-refractivity contribution is -0.137. The number of piperidine rings is 1. The molecule has 1 fully saturated rings. The van der Waals surface area contributed by atoms with E-state index < -0.39 is 17.8 Å². The first-order valence-electron chi connectivity index (χ1n) is 9.96. The number of benzene rings is 1. The van der Waals surface area contributed by atoms with Crippen LogP contribution in [0.4, 0.5) is 13.2 Å². The molecule has 1 aliphatic rings. The lowest BCUT2D eigenvalue weighted by Crippen LogP contribution is -2.40. The van der Waals surface area contributed by atoms with E-state index in [0.29, 0.717) is 53.6 Å². The number of amides is 1. The largest absolute Gasteiger partial charge is 0.492 e. The molecule has 166 valence electrons. The highest BCUT2D eigenvalue weighted by Gasteiger charge is 2.35. The Labute approximate surface area is 180 Å². The van der Waals surface area contributed by atoms with Crippen LogP contribution in [0.2, 0.25) is 0 Å². The second-order valence-electron chi connectivity index (χ2n) is 7.60. The highest BCUT2D eigenvalue weighted by atomic mass is 32.1. The third-order valence-electron chi connectivity index (χ3n) is 5.66. The molecule has 3 heterocycles. The van der Waals surface area contributed by atoms with Crippen molar-refractivity contribution in [1.82, 2.24) is 19.5 Å². The summed E-state index contributed by atoms with van der Waals surface area (Å²) in [5.74, 6) is -0.0532. The van der Waals surface area contributed by atoms with E-state index in [2.05, 4.69) is 10.1 Å². The topological polar surface area (TPSA) is 96.8 Å². The molecule has 7 nitrogen and oxygen atoms in total. The molecule has 4 rings (SSSR count). The van der Waals surface area contributed by atoms with Gasteiger partial charge >= 0.3 is 6.18 Å². The second kappa shape index (κ2) is 8.12. The Morgan fingerprint density at radius 3 is 2.45 bits per heavy atom. The van der Waals surface area contributed by atoms with Crippen LogP contribution in [0, 0.1) is 5.92 Å². The number of alkyl halides is 3. The zero-order valence-electron chi connectivity index (χ0n) is 16.8. The van der Waals surface area contributed by atoms with Crippen LogP contribution in [0.25, 0.3) is 4.96 Å². The van der Waals surface area contributed by atoms with Crippen molar-refractivity contribution in [3.8, 4) is 5.88 Å². The van der Waals surface area contributed by atoms with Crippen molar-refractivity contribution in [3.05, 3.63) is 46.1 Å². The number of thiazole rings is 1. The monoisotopic (exact) mass is 453 g/mol. The summed E-state index contributed by atoms with van der Waals surface area (Å²) in [6, 6.07) is 4.46. The van der Waals surface area contributed by atoms with E-state index >= 15 is 0 Å². The molecule has 0 unspecified atom stereocenters. The van der Waals surface area contributed by atoms with Crippen LogP contribution in [-0.2, 0) is 17.4 Å². The van der Waals surface area contributed by atoms with E-state index in [9.17, 15) is 23.1 Å². The molecule has 0 spiro atoms. The fourth-order valence-corrected chi connectivity index (χ4v) is 5.08. The minimum atomic E-state index is -4.43. The Morgan fingerprint density at radius 2 is 1.94 bits per heavy atom. The third-order valence-corrected chi connectivity index (χ3v) is 6.73. The van der Waals surface area contributed by atoms with Crippen molar-refractivity contribution in [1.29, 1.82) is 0 Å². The van der Waals surface area contributed by atoms with Crippen LogP contribution in [-0.4, -0.2) is 43.6 Å². The molecule has 11 heteroatoms. The first-order valence-corrected chi connectivity index (χ1v) is 10.8. The fraction of sp³-hybridized carbons (Fsp3) is 0.450. The van der Waals surface area contributed by atoms with Crippen LogP contribution < -0.4 is 5.73 Å². The summed E-state index contributed by atoms with van der Waals surface area (Å²) in [5, 5.41) is 15.2. The van der Waals surface area contributed by atoms with Gasteiger partial charge in [-0.25, -0.2) is 4.98 Å². The molecule has 1 atom stereocenters.